The molecule has 0 aromatic heterocycles. The van der Waals surface area contributed by atoms with Gasteiger partial charge in [-0.15, -0.1) is 0 Å². The summed E-state index contributed by atoms with van der Waals surface area (Å²) in [6, 6.07) is 0. The molecule has 0 unspecified atom stereocenters. The van der Waals surface area contributed by atoms with E-state index in [1.807, 2.05) is 0 Å². The first kappa shape index (κ1) is 12.0. The molecule has 0 bridgehead atoms. The van der Waals surface area contributed by atoms with Gasteiger partial charge >= 0.3 is 0 Å². The summed E-state index contributed by atoms with van der Waals surface area (Å²) in [5, 5.41) is 9.06. The average Bonchev–Trinajstić information content (AvgIpc) is 2.02. The van der Waals surface area contributed by atoms with E-state index in [1.54, 1.807) is 0 Å². The first-order valence-electron chi connectivity index (χ1n) is 4.94. The normalized spacial score (nSPS) is 13.5. The van der Waals surface area contributed by atoms with Gasteiger partial charge in [0.2, 0.25) is 0 Å². The monoisotopic (exact) mass is 172 g/mol. The van der Waals surface area contributed by atoms with Crippen LogP contribution in [0.25, 0.3) is 0 Å². The van der Waals surface area contributed by atoms with Crippen LogP contribution in [0.5, 0.6) is 0 Å². The van der Waals surface area contributed by atoms with Crippen molar-refractivity contribution in [1.29, 1.82) is 0 Å². The Labute approximate surface area is 77.2 Å². The number of hydrogen-bond acceptors (Lipinski definition) is 1. The molecule has 0 fully saturated rings. The van der Waals surface area contributed by atoms with Crippen LogP contribution in [0.15, 0.2) is 0 Å². The van der Waals surface area contributed by atoms with E-state index in [2.05, 4.69) is 34.6 Å². The van der Waals surface area contributed by atoms with E-state index < -0.39 is 0 Å². The van der Waals surface area contributed by atoms with Crippen molar-refractivity contribution in [1.82, 2.24) is 0 Å². The van der Waals surface area contributed by atoms with E-state index in [-0.39, 0.29) is 5.41 Å². The predicted molar refractivity (Wildman–Crippen MR) is 54.2 cm³/mol. The van der Waals surface area contributed by atoms with E-state index in [4.69, 9.17) is 5.11 Å². The minimum Gasteiger partial charge on any atom is -0.396 e. The third kappa shape index (κ3) is 4.76. The third-order valence-corrected chi connectivity index (χ3v) is 2.86. The Morgan fingerprint density at radius 2 is 1.33 bits per heavy atom. The molecule has 0 aliphatic heterocycles. The van der Waals surface area contributed by atoms with Crippen molar-refractivity contribution in [3.63, 3.8) is 0 Å². The minimum absolute atomic E-state index is 0.104. The van der Waals surface area contributed by atoms with Gasteiger partial charge in [-0.3, -0.25) is 0 Å². The zero-order valence-electron chi connectivity index (χ0n) is 9.28. The van der Waals surface area contributed by atoms with E-state index in [0.29, 0.717) is 12.0 Å². The lowest BCUT2D eigenvalue weighted by Crippen LogP contribution is -2.20. The third-order valence-electron chi connectivity index (χ3n) is 2.86. The maximum atomic E-state index is 9.06. The van der Waals surface area contributed by atoms with Gasteiger partial charge in [-0.25, -0.2) is 0 Å². The lowest BCUT2D eigenvalue weighted by atomic mass is 9.78. The number of aliphatic hydroxyl groups is 1. The highest BCUT2D eigenvalue weighted by Gasteiger charge is 2.22. The van der Waals surface area contributed by atoms with Gasteiger partial charge in [0, 0.05) is 6.61 Å². The van der Waals surface area contributed by atoms with Crippen molar-refractivity contribution >= 4 is 0 Å². The molecule has 1 heteroatoms. The lowest BCUT2D eigenvalue weighted by Gasteiger charge is -2.28. The average molecular weight is 172 g/mol. The van der Waals surface area contributed by atoms with E-state index in [0.717, 1.165) is 6.42 Å². The van der Waals surface area contributed by atoms with Gasteiger partial charge in [-0.1, -0.05) is 41.0 Å². The topological polar surface area (TPSA) is 20.2 Å². The summed E-state index contributed by atoms with van der Waals surface area (Å²) in [6.07, 6.45) is 3.54. The molecule has 0 saturated heterocycles. The SMILES string of the molecule is CCC(C)(C)CCC(C)(C)CO. The van der Waals surface area contributed by atoms with Crippen LogP contribution in [-0.2, 0) is 0 Å². The van der Waals surface area contributed by atoms with E-state index >= 15 is 0 Å². The summed E-state index contributed by atoms with van der Waals surface area (Å²) in [4.78, 5) is 0. The predicted octanol–water partition coefficient (Wildman–Crippen LogP) is 3.22. The summed E-state index contributed by atoms with van der Waals surface area (Å²) in [7, 11) is 0. The molecule has 0 spiro atoms. The van der Waals surface area contributed by atoms with Gasteiger partial charge in [-0.05, 0) is 23.7 Å². The Bertz CT molecular complexity index is 109. The van der Waals surface area contributed by atoms with Crippen LogP contribution >= 0.6 is 0 Å². The van der Waals surface area contributed by atoms with E-state index in [1.165, 1.54) is 12.8 Å². The summed E-state index contributed by atoms with van der Waals surface area (Å²) < 4.78 is 0. The van der Waals surface area contributed by atoms with Crippen LogP contribution in [0.3, 0.4) is 0 Å². The maximum Gasteiger partial charge on any atom is 0.0482 e. The molecule has 0 aromatic carbocycles. The van der Waals surface area contributed by atoms with Crippen LogP contribution in [0.1, 0.15) is 53.9 Å². The second-order valence-corrected chi connectivity index (χ2v) is 5.34. The summed E-state index contributed by atoms with van der Waals surface area (Å²) in [5.74, 6) is 0. The van der Waals surface area contributed by atoms with Gasteiger partial charge in [0.05, 0.1) is 0 Å². The van der Waals surface area contributed by atoms with Gasteiger partial charge < -0.3 is 5.11 Å². The van der Waals surface area contributed by atoms with Crippen LogP contribution in [0, 0.1) is 10.8 Å². The Hall–Kier alpha value is -0.0400. The van der Waals surface area contributed by atoms with Crippen molar-refractivity contribution in [3.05, 3.63) is 0 Å². The first-order valence-corrected chi connectivity index (χ1v) is 4.94. The van der Waals surface area contributed by atoms with Gasteiger partial charge in [0.1, 0.15) is 0 Å². The Balaban J connectivity index is 3.82. The molecule has 0 saturated carbocycles. The van der Waals surface area contributed by atoms with Gasteiger partial charge in [-0.2, -0.15) is 0 Å². The lowest BCUT2D eigenvalue weighted by molar-refractivity contribution is 0.130. The molecule has 74 valence electrons. The quantitative estimate of drug-likeness (QED) is 0.675. The molecule has 1 N–H and O–H groups in total. The molecule has 0 aliphatic carbocycles. The Morgan fingerprint density at radius 1 is 0.917 bits per heavy atom. The summed E-state index contributed by atoms with van der Waals surface area (Å²) >= 11 is 0. The molecular weight excluding hydrogens is 148 g/mol. The number of hydrogen-bond donors (Lipinski definition) is 1. The first-order chi connectivity index (χ1) is 5.33. The van der Waals surface area contributed by atoms with Crippen molar-refractivity contribution in [2.75, 3.05) is 6.61 Å². The molecule has 0 heterocycles. The summed E-state index contributed by atoms with van der Waals surface area (Å²) in [5.41, 5.74) is 0.541. The molecule has 0 atom stereocenters. The maximum absolute atomic E-state index is 9.06. The Kier molecular flexibility index (Phi) is 4.25. The van der Waals surface area contributed by atoms with Gasteiger partial charge in [0.25, 0.3) is 0 Å². The molecule has 0 aromatic rings. The zero-order valence-corrected chi connectivity index (χ0v) is 9.28. The molecule has 0 rings (SSSR count). The Morgan fingerprint density at radius 3 is 1.67 bits per heavy atom. The van der Waals surface area contributed by atoms with Crippen molar-refractivity contribution < 1.29 is 5.11 Å². The second-order valence-electron chi connectivity index (χ2n) is 5.34. The highest BCUT2D eigenvalue weighted by molar-refractivity contribution is 4.73. The molecule has 12 heavy (non-hydrogen) atoms. The zero-order chi connectivity index (χ0) is 9.83. The molecular formula is C11H24O. The van der Waals surface area contributed by atoms with Crippen molar-refractivity contribution in [2.45, 2.75) is 53.9 Å². The second kappa shape index (κ2) is 4.27. The fourth-order valence-electron chi connectivity index (χ4n) is 0.933. The minimum atomic E-state index is 0.104. The number of rotatable bonds is 5. The fourth-order valence-corrected chi connectivity index (χ4v) is 0.933. The molecule has 1 nitrogen and oxygen atoms in total. The smallest absolute Gasteiger partial charge is 0.0482 e. The molecule has 0 amide bonds. The highest BCUT2D eigenvalue weighted by atomic mass is 16.3. The van der Waals surface area contributed by atoms with Crippen molar-refractivity contribution in [3.8, 4) is 0 Å². The van der Waals surface area contributed by atoms with E-state index in [9.17, 15) is 0 Å². The molecule has 0 radical (unpaired) electrons. The standard InChI is InChI=1S/C11H24O/c1-6-10(2,3)7-8-11(4,5)9-12/h12H,6-9H2,1-5H3. The largest absolute Gasteiger partial charge is 0.396 e. The van der Waals surface area contributed by atoms with Crippen LogP contribution in [-0.4, -0.2) is 11.7 Å². The molecule has 0 aliphatic rings. The highest BCUT2D eigenvalue weighted by Crippen LogP contribution is 2.32. The van der Waals surface area contributed by atoms with Crippen LogP contribution in [0.2, 0.25) is 0 Å². The summed E-state index contributed by atoms with van der Waals surface area (Å²) in [6.45, 7) is 11.4. The van der Waals surface area contributed by atoms with Crippen LogP contribution < -0.4 is 0 Å². The number of aliphatic hydroxyl groups excluding tert-OH is 1. The van der Waals surface area contributed by atoms with Crippen molar-refractivity contribution in [2.24, 2.45) is 10.8 Å². The fraction of sp³-hybridized carbons (Fsp3) is 1.00. The van der Waals surface area contributed by atoms with Gasteiger partial charge in [0.15, 0.2) is 0 Å². The van der Waals surface area contributed by atoms with Crippen LogP contribution in [0.4, 0.5) is 0 Å².